The number of allylic oxidation sites excluding steroid dienone is 1. The van der Waals surface area contributed by atoms with Crippen LogP contribution in [-0.2, 0) is 4.79 Å². The first kappa shape index (κ1) is 9.30. The Morgan fingerprint density at radius 1 is 1.58 bits per heavy atom. The van der Waals surface area contributed by atoms with E-state index in [4.69, 9.17) is 0 Å². The van der Waals surface area contributed by atoms with Crippen LogP contribution in [0.25, 0.3) is 0 Å². The molecule has 0 aliphatic heterocycles. The maximum atomic E-state index is 11.1. The van der Waals surface area contributed by atoms with Crippen LogP contribution >= 0.6 is 0 Å². The van der Waals surface area contributed by atoms with Gasteiger partial charge in [0.05, 0.1) is 0 Å². The molecule has 1 amide bonds. The third-order valence-electron chi connectivity index (χ3n) is 1.97. The molecule has 1 aliphatic carbocycles. The first-order valence-corrected chi connectivity index (χ1v) is 4.79. The van der Waals surface area contributed by atoms with E-state index in [0.717, 1.165) is 19.4 Å². The van der Waals surface area contributed by atoms with E-state index in [1.54, 1.807) is 6.08 Å². The summed E-state index contributed by atoms with van der Waals surface area (Å²) in [4.78, 5) is 11.1. The van der Waals surface area contributed by atoms with Crippen LogP contribution in [0.15, 0.2) is 12.2 Å². The van der Waals surface area contributed by atoms with E-state index in [1.807, 2.05) is 6.08 Å². The van der Waals surface area contributed by atoms with Crippen molar-refractivity contribution in [2.24, 2.45) is 5.92 Å². The van der Waals surface area contributed by atoms with Gasteiger partial charge in [-0.1, -0.05) is 19.4 Å². The zero-order valence-corrected chi connectivity index (χ0v) is 7.68. The number of amides is 1. The van der Waals surface area contributed by atoms with E-state index >= 15 is 0 Å². The van der Waals surface area contributed by atoms with E-state index in [0.29, 0.717) is 5.92 Å². The summed E-state index contributed by atoms with van der Waals surface area (Å²) < 4.78 is 0. The van der Waals surface area contributed by atoms with Crippen LogP contribution in [0.2, 0.25) is 0 Å². The van der Waals surface area contributed by atoms with Gasteiger partial charge >= 0.3 is 0 Å². The Bertz CT molecular complexity index is 171. The zero-order chi connectivity index (χ0) is 8.81. The van der Waals surface area contributed by atoms with Crippen LogP contribution in [0.3, 0.4) is 0 Å². The summed E-state index contributed by atoms with van der Waals surface area (Å²) >= 11 is 0. The molecule has 1 rings (SSSR count). The second-order valence-electron chi connectivity index (χ2n) is 3.34. The number of nitrogens with one attached hydrogen (secondary N) is 1. The van der Waals surface area contributed by atoms with Crippen molar-refractivity contribution in [2.75, 3.05) is 6.54 Å². The quantitative estimate of drug-likeness (QED) is 0.491. The molecular formula is C10H17NO. The summed E-state index contributed by atoms with van der Waals surface area (Å²) in [5, 5.41) is 2.84. The van der Waals surface area contributed by atoms with Gasteiger partial charge in [-0.05, 0) is 31.3 Å². The minimum absolute atomic E-state index is 0.0651. The summed E-state index contributed by atoms with van der Waals surface area (Å²) in [6.07, 6.45) is 8.42. The second-order valence-corrected chi connectivity index (χ2v) is 3.34. The predicted molar refractivity (Wildman–Crippen MR) is 49.8 cm³/mol. The number of unbranched alkanes of at least 4 members (excludes halogenated alkanes) is 1. The highest BCUT2D eigenvalue weighted by molar-refractivity contribution is 5.87. The molecule has 68 valence electrons. The molecular weight excluding hydrogens is 150 g/mol. The molecule has 0 saturated heterocycles. The predicted octanol–water partition coefficient (Wildman–Crippen LogP) is 1.87. The third-order valence-corrected chi connectivity index (χ3v) is 1.97. The minimum Gasteiger partial charge on any atom is -0.353 e. The van der Waals surface area contributed by atoms with Crippen molar-refractivity contribution in [3.63, 3.8) is 0 Å². The van der Waals surface area contributed by atoms with Crippen molar-refractivity contribution in [2.45, 2.75) is 32.6 Å². The van der Waals surface area contributed by atoms with E-state index in [-0.39, 0.29) is 5.91 Å². The van der Waals surface area contributed by atoms with Gasteiger partial charge in [-0.2, -0.15) is 0 Å². The molecule has 2 heteroatoms. The molecule has 0 aromatic heterocycles. The van der Waals surface area contributed by atoms with E-state index in [9.17, 15) is 4.79 Å². The molecule has 1 aliphatic rings. The normalized spacial score (nSPS) is 16.8. The van der Waals surface area contributed by atoms with Crippen LogP contribution < -0.4 is 5.32 Å². The van der Waals surface area contributed by atoms with Crippen LogP contribution in [0.4, 0.5) is 0 Å². The molecule has 0 bridgehead atoms. The van der Waals surface area contributed by atoms with Gasteiger partial charge < -0.3 is 5.32 Å². The first-order chi connectivity index (χ1) is 5.83. The average Bonchev–Trinajstić information content (AvgIpc) is 2.84. The summed E-state index contributed by atoms with van der Waals surface area (Å²) in [6, 6.07) is 0. The fraction of sp³-hybridized carbons (Fsp3) is 0.700. The van der Waals surface area contributed by atoms with Crippen LogP contribution in [0, 0.1) is 5.92 Å². The van der Waals surface area contributed by atoms with Gasteiger partial charge in [-0.3, -0.25) is 4.79 Å². The molecule has 0 heterocycles. The number of rotatable bonds is 5. The van der Waals surface area contributed by atoms with Crippen molar-refractivity contribution in [1.29, 1.82) is 0 Å². The monoisotopic (exact) mass is 167 g/mol. The van der Waals surface area contributed by atoms with Crippen LogP contribution in [0.5, 0.6) is 0 Å². The molecule has 0 unspecified atom stereocenters. The Balaban J connectivity index is 2.02. The number of hydrogen-bond acceptors (Lipinski definition) is 1. The van der Waals surface area contributed by atoms with Gasteiger partial charge in [-0.15, -0.1) is 0 Å². The smallest absolute Gasteiger partial charge is 0.243 e. The van der Waals surface area contributed by atoms with Gasteiger partial charge in [0.1, 0.15) is 0 Å². The number of carbonyl (C=O) groups excluding carboxylic acids is 1. The molecule has 0 radical (unpaired) electrons. The SMILES string of the molecule is CCCCNC(=O)/C=C/C1CC1. The highest BCUT2D eigenvalue weighted by Crippen LogP contribution is 2.29. The molecule has 1 fully saturated rings. The molecule has 0 spiro atoms. The summed E-state index contributed by atoms with van der Waals surface area (Å²) in [6.45, 7) is 2.93. The van der Waals surface area contributed by atoms with Crippen molar-refractivity contribution in [3.05, 3.63) is 12.2 Å². The maximum Gasteiger partial charge on any atom is 0.243 e. The zero-order valence-electron chi connectivity index (χ0n) is 7.68. The van der Waals surface area contributed by atoms with Crippen molar-refractivity contribution in [1.82, 2.24) is 5.32 Å². The lowest BCUT2D eigenvalue weighted by molar-refractivity contribution is -0.116. The van der Waals surface area contributed by atoms with Crippen molar-refractivity contribution >= 4 is 5.91 Å². The molecule has 0 atom stereocenters. The third kappa shape index (κ3) is 4.16. The Labute approximate surface area is 74.0 Å². The number of hydrogen-bond donors (Lipinski definition) is 1. The van der Waals surface area contributed by atoms with Crippen molar-refractivity contribution in [3.8, 4) is 0 Å². The molecule has 1 saturated carbocycles. The molecule has 1 N–H and O–H groups in total. The van der Waals surface area contributed by atoms with E-state index in [1.165, 1.54) is 12.8 Å². The Morgan fingerprint density at radius 3 is 2.92 bits per heavy atom. The lowest BCUT2D eigenvalue weighted by atomic mass is 10.3. The highest BCUT2D eigenvalue weighted by atomic mass is 16.1. The maximum absolute atomic E-state index is 11.1. The molecule has 12 heavy (non-hydrogen) atoms. The summed E-state index contributed by atoms with van der Waals surface area (Å²) in [5.41, 5.74) is 0. The van der Waals surface area contributed by atoms with Gasteiger partial charge in [0.15, 0.2) is 0 Å². The van der Waals surface area contributed by atoms with Crippen LogP contribution in [-0.4, -0.2) is 12.5 Å². The second kappa shape index (κ2) is 4.96. The standard InChI is InChI=1S/C10H17NO/c1-2-3-8-11-10(12)7-6-9-4-5-9/h6-7,9H,2-5,8H2,1H3,(H,11,12)/b7-6+. The Morgan fingerprint density at radius 2 is 2.33 bits per heavy atom. The van der Waals surface area contributed by atoms with Crippen LogP contribution in [0.1, 0.15) is 32.6 Å². The first-order valence-electron chi connectivity index (χ1n) is 4.79. The van der Waals surface area contributed by atoms with Crippen molar-refractivity contribution < 1.29 is 4.79 Å². The lowest BCUT2D eigenvalue weighted by Crippen LogP contribution is -2.21. The molecule has 0 aromatic carbocycles. The lowest BCUT2D eigenvalue weighted by Gasteiger charge is -1.98. The van der Waals surface area contributed by atoms with Gasteiger partial charge in [-0.25, -0.2) is 0 Å². The van der Waals surface area contributed by atoms with E-state index in [2.05, 4.69) is 12.2 Å². The van der Waals surface area contributed by atoms with Gasteiger partial charge in [0, 0.05) is 6.54 Å². The molecule has 2 nitrogen and oxygen atoms in total. The summed E-state index contributed by atoms with van der Waals surface area (Å²) in [5.74, 6) is 0.761. The fourth-order valence-electron chi connectivity index (χ4n) is 0.959. The highest BCUT2D eigenvalue weighted by Gasteiger charge is 2.17. The van der Waals surface area contributed by atoms with Gasteiger partial charge in [0.25, 0.3) is 0 Å². The minimum atomic E-state index is 0.0651. The fourth-order valence-corrected chi connectivity index (χ4v) is 0.959. The average molecular weight is 167 g/mol. The largest absolute Gasteiger partial charge is 0.353 e. The van der Waals surface area contributed by atoms with E-state index < -0.39 is 0 Å². The van der Waals surface area contributed by atoms with Gasteiger partial charge in [0.2, 0.25) is 5.91 Å². The number of carbonyl (C=O) groups is 1. The Kier molecular flexibility index (Phi) is 3.85. The Hall–Kier alpha value is -0.790. The topological polar surface area (TPSA) is 29.1 Å². The summed E-state index contributed by atoms with van der Waals surface area (Å²) in [7, 11) is 0. The molecule has 0 aromatic rings.